The van der Waals surface area contributed by atoms with Gasteiger partial charge in [-0.25, -0.2) is 9.69 Å². The second-order valence-electron chi connectivity index (χ2n) is 9.40. The third-order valence-electron chi connectivity index (χ3n) is 6.39. The maximum absolute atomic E-state index is 13.4. The van der Waals surface area contributed by atoms with Crippen molar-refractivity contribution in [3.8, 4) is 5.75 Å². The van der Waals surface area contributed by atoms with Gasteiger partial charge >= 0.3 is 12.4 Å². The van der Waals surface area contributed by atoms with Crippen molar-refractivity contribution >= 4 is 41.0 Å². The van der Waals surface area contributed by atoms with E-state index < -0.39 is 35.5 Å². The minimum atomic E-state index is -5.00. The topological polar surface area (TPSA) is 95.1 Å². The predicted octanol–water partition coefficient (Wildman–Crippen LogP) is 4.11. The molecule has 2 fully saturated rings. The standard InChI is InChI=1S/C25H28F3N5O4S/c1-24(2)22(35)33(23(36)32(24)16-17-5-8-29-9-6-17)18-3-4-20(37-25(26,27)28)19(15-18)30-21(34)7-10-31-11-13-38-14-12-31/h3-6,8-9,15H,7,10-14,16H2,1-2H3,(H,30,34). The Labute approximate surface area is 222 Å². The number of imide groups is 1. The Hall–Kier alpha value is -3.32. The molecule has 0 bridgehead atoms. The lowest BCUT2D eigenvalue weighted by Gasteiger charge is -2.27. The van der Waals surface area contributed by atoms with Gasteiger partial charge in [-0.15, -0.1) is 13.2 Å². The number of nitrogens with one attached hydrogen (secondary N) is 1. The van der Waals surface area contributed by atoms with Crippen LogP contribution in [0.25, 0.3) is 0 Å². The Morgan fingerprint density at radius 1 is 1.13 bits per heavy atom. The molecule has 4 rings (SSSR count). The molecule has 2 aromatic rings. The van der Waals surface area contributed by atoms with Crippen molar-refractivity contribution in [2.75, 3.05) is 41.4 Å². The van der Waals surface area contributed by atoms with E-state index in [4.69, 9.17) is 0 Å². The fourth-order valence-corrected chi connectivity index (χ4v) is 5.24. The van der Waals surface area contributed by atoms with Crippen LogP contribution in [0, 0.1) is 0 Å². The SMILES string of the molecule is CC1(C)C(=O)N(c2ccc(OC(F)(F)F)c(NC(=O)CCN3CCSCC3)c2)C(=O)N1Cc1ccncc1. The first-order valence-corrected chi connectivity index (χ1v) is 13.2. The Balaban J connectivity index is 1.57. The normalized spacial score (nSPS) is 18.1. The summed E-state index contributed by atoms with van der Waals surface area (Å²) in [4.78, 5) is 47.7. The lowest BCUT2D eigenvalue weighted by Crippen LogP contribution is -2.43. The van der Waals surface area contributed by atoms with E-state index in [9.17, 15) is 27.6 Å². The molecule has 2 saturated heterocycles. The molecule has 0 spiro atoms. The van der Waals surface area contributed by atoms with Crippen molar-refractivity contribution in [3.05, 3.63) is 48.3 Å². The van der Waals surface area contributed by atoms with Crippen LogP contribution in [0.1, 0.15) is 25.8 Å². The van der Waals surface area contributed by atoms with Crippen LogP contribution in [0.3, 0.4) is 0 Å². The second-order valence-corrected chi connectivity index (χ2v) is 10.6. The van der Waals surface area contributed by atoms with Gasteiger partial charge in [0.25, 0.3) is 5.91 Å². The van der Waals surface area contributed by atoms with Crippen molar-refractivity contribution in [1.82, 2.24) is 14.8 Å². The molecule has 204 valence electrons. The van der Waals surface area contributed by atoms with Crippen LogP contribution in [-0.2, 0) is 16.1 Å². The molecular weight excluding hydrogens is 523 g/mol. The molecule has 1 aromatic carbocycles. The summed E-state index contributed by atoms with van der Waals surface area (Å²) in [5.41, 5.74) is -0.740. The van der Waals surface area contributed by atoms with Gasteiger partial charge in [0.1, 0.15) is 5.54 Å². The fourth-order valence-electron chi connectivity index (χ4n) is 4.27. The van der Waals surface area contributed by atoms with Crippen LogP contribution in [0.4, 0.5) is 29.3 Å². The Morgan fingerprint density at radius 3 is 2.47 bits per heavy atom. The summed E-state index contributed by atoms with van der Waals surface area (Å²) in [5, 5.41) is 2.47. The van der Waals surface area contributed by atoms with Crippen molar-refractivity contribution in [2.24, 2.45) is 0 Å². The van der Waals surface area contributed by atoms with Gasteiger partial charge in [0.15, 0.2) is 5.75 Å². The molecule has 2 aliphatic rings. The Kier molecular flexibility index (Phi) is 8.16. The van der Waals surface area contributed by atoms with E-state index in [0.717, 1.165) is 47.2 Å². The average Bonchev–Trinajstić information content (AvgIpc) is 3.03. The number of alkyl halides is 3. The lowest BCUT2D eigenvalue weighted by molar-refractivity contribution is -0.274. The van der Waals surface area contributed by atoms with E-state index in [1.807, 2.05) is 11.8 Å². The first-order valence-electron chi connectivity index (χ1n) is 12.0. The molecule has 1 N–H and O–H groups in total. The first kappa shape index (κ1) is 27.7. The van der Waals surface area contributed by atoms with Crippen molar-refractivity contribution in [1.29, 1.82) is 0 Å². The number of hydrogen-bond acceptors (Lipinski definition) is 7. The van der Waals surface area contributed by atoms with Gasteiger partial charge in [0.05, 0.1) is 11.4 Å². The van der Waals surface area contributed by atoms with E-state index in [1.165, 1.54) is 11.0 Å². The highest BCUT2D eigenvalue weighted by Gasteiger charge is 2.52. The third-order valence-corrected chi connectivity index (χ3v) is 7.34. The summed E-state index contributed by atoms with van der Waals surface area (Å²) in [7, 11) is 0. The van der Waals surface area contributed by atoms with Gasteiger partial charge in [-0.3, -0.25) is 14.6 Å². The first-order chi connectivity index (χ1) is 18.0. The zero-order valence-electron chi connectivity index (χ0n) is 21.0. The van der Waals surface area contributed by atoms with E-state index in [0.29, 0.717) is 6.54 Å². The maximum atomic E-state index is 13.4. The van der Waals surface area contributed by atoms with Crippen molar-refractivity contribution in [3.63, 3.8) is 0 Å². The van der Waals surface area contributed by atoms with Gasteiger partial charge in [0, 0.05) is 56.5 Å². The molecule has 13 heteroatoms. The number of anilines is 2. The van der Waals surface area contributed by atoms with Gasteiger partial charge in [0.2, 0.25) is 5.91 Å². The minimum absolute atomic E-state index is 0.0168. The number of rotatable bonds is 8. The zero-order chi connectivity index (χ0) is 27.5. The van der Waals surface area contributed by atoms with Crippen molar-refractivity contribution < 1.29 is 32.3 Å². The maximum Gasteiger partial charge on any atom is 0.573 e. The summed E-state index contributed by atoms with van der Waals surface area (Å²) < 4.78 is 43.3. The molecule has 4 amide bonds. The van der Waals surface area contributed by atoms with Gasteiger partial charge in [-0.05, 0) is 49.7 Å². The number of carbonyl (C=O) groups excluding carboxylic acids is 3. The van der Waals surface area contributed by atoms with Crippen LogP contribution >= 0.6 is 11.8 Å². The molecule has 9 nitrogen and oxygen atoms in total. The fraction of sp³-hybridized carbons (Fsp3) is 0.440. The number of pyridine rings is 1. The summed E-state index contributed by atoms with van der Waals surface area (Å²) in [6, 6.07) is 6.12. The molecular formula is C25H28F3N5O4S. The highest BCUT2D eigenvalue weighted by molar-refractivity contribution is 7.99. The molecule has 0 atom stereocenters. The predicted molar refractivity (Wildman–Crippen MR) is 137 cm³/mol. The molecule has 0 saturated carbocycles. The number of ether oxygens (including phenoxy) is 1. The van der Waals surface area contributed by atoms with Crippen LogP contribution in [0.15, 0.2) is 42.7 Å². The van der Waals surface area contributed by atoms with Crippen LogP contribution < -0.4 is 15.0 Å². The molecule has 1 aromatic heterocycles. The Morgan fingerprint density at radius 2 is 1.82 bits per heavy atom. The van der Waals surface area contributed by atoms with Crippen LogP contribution in [0.5, 0.6) is 5.75 Å². The highest BCUT2D eigenvalue weighted by Crippen LogP contribution is 2.38. The van der Waals surface area contributed by atoms with E-state index >= 15 is 0 Å². The highest BCUT2D eigenvalue weighted by atomic mass is 32.2. The number of urea groups is 1. The van der Waals surface area contributed by atoms with Gasteiger partial charge in [-0.1, -0.05) is 0 Å². The van der Waals surface area contributed by atoms with Crippen molar-refractivity contribution in [2.45, 2.75) is 38.7 Å². The largest absolute Gasteiger partial charge is 0.573 e. The quantitative estimate of drug-likeness (QED) is 0.494. The van der Waals surface area contributed by atoms with Crippen LogP contribution in [0.2, 0.25) is 0 Å². The minimum Gasteiger partial charge on any atom is -0.404 e. The number of benzene rings is 1. The summed E-state index contributed by atoms with van der Waals surface area (Å²) in [6.45, 7) is 5.45. The number of carbonyl (C=O) groups is 3. The number of aromatic nitrogens is 1. The molecule has 2 aliphatic heterocycles. The number of halogens is 3. The average molecular weight is 552 g/mol. The van der Waals surface area contributed by atoms with E-state index in [-0.39, 0.29) is 24.3 Å². The molecule has 3 heterocycles. The van der Waals surface area contributed by atoms with Crippen LogP contribution in [-0.4, -0.2) is 75.7 Å². The Bertz CT molecular complexity index is 1190. The number of thioether (sulfide) groups is 1. The van der Waals surface area contributed by atoms with Gasteiger partial charge < -0.3 is 19.9 Å². The second kappa shape index (κ2) is 11.2. The van der Waals surface area contributed by atoms with E-state index in [2.05, 4.69) is 19.9 Å². The lowest BCUT2D eigenvalue weighted by atomic mass is 10.0. The number of nitrogens with zero attached hydrogens (tertiary/aromatic N) is 4. The summed E-state index contributed by atoms with van der Waals surface area (Å²) in [5.74, 6) is 0.211. The molecule has 38 heavy (non-hydrogen) atoms. The van der Waals surface area contributed by atoms with Gasteiger partial charge in [-0.2, -0.15) is 11.8 Å². The van der Waals surface area contributed by atoms with E-state index in [1.54, 1.807) is 38.4 Å². The zero-order valence-corrected chi connectivity index (χ0v) is 21.8. The number of hydrogen-bond donors (Lipinski definition) is 1. The molecule has 0 unspecified atom stereocenters. The molecule has 0 radical (unpaired) electrons. The number of amides is 4. The molecule has 0 aliphatic carbocycles. The monoisotopic (exact) mass is 551 g/mol. The third kappa shape index (κ3) is 6.38. The summed E-state index contributed by atoms with van der Waals surface area (Å²) in [6.07, 6.45) is -1.80. The smallest absolute Gasteiger partial charge is 0.404 e. The summed E-state index contributed by atoms with van der Waals surface area (Å²) >= 11 is 1.83.